The first kappa shape index (κ1) is 21.8. The summed E-state index contributed by atoms with van der Waals surface area (Å²) in [4.78, 5) is 11.4. The van der Waals surface area contributed by atoms with Gasteiger partial charge in [0.15, 0.2) is 0 Å². The molecule has 0 aromatic heterocycles. The van der Waals surface area contributed by atoms with Crippen LogP contribution in [0.3, 0.4) is 0 Å². The molecule has 0 aliphatic carbocycles. The number of carboxylic acid groups (broad SMARTS) is 1. The molecule has 132 valence electrons. The van der Waals surface area contributed by atoms with Crippen LogP contribution in [0.4, 0.5) is 0 Å². The van der Waals surface area contributed by atoms with Crippen LogP contribution >= 0.6 is 11.8 Å². The van der Waals surface area contributed by atoms with Gasteiger partial charge >= 0.3 is 5.97 Å². The summed E-state index contributed by atoms with van der Waals surface area (Å²) >= 11 is 1.66. The average molecular weight is 331 g/mol. The van der Waals surface area contributed by atoms with Gasteiger partial charge in [0.2, 0.25) is 0 Å². The Morgan fingerprint density at radius 1 is 0.773 bits per heavy atom. The van der Waals surface area contributed by atoms with E-state index in [0.717, 1.165) is 25.0 Å². The number of aliphatic carboxylic acids is 1. The van der Waals surface area contributed by atoms with Crippen molar-refractivity contribution < 1.29 is 9.90 Å². The predicted octanol–water partition coefficient (Wildman–Crippen LogP) is 6.67. The van der Waals surface area contributed by atoms with Crippen LogP contribution in [-0.4, -0.2) is 21.6 Å². The summed E-state index contributed by atoms with van der Waals surface area (Å²) in [6.45, 7) is 6.25. The Morgan fingerprint density at radius 2 is 1.18 bits per heavy atom. The first-order chi connectivity index (χ1) is 10.6. The van der Waals surface area contributed by atoms with Crippen molar-refractivity contribution in [3.05, 3.63) is 0 Å². The molecule has 0 rings (SSSR count). The van der Waals surface area contributed by atoms with Gasteiger partial charge in [-0.05, 0) is 25.0 Å². The summed E-state index contributed by atoms with van der Waals surface area (Å²) in [7, 11) is 0. The maximum Gasteiger partial charge on any atom is 0.319 e. The largest absolute Gasteiger partial charge is 0.480 e. The highest BCUT2D eigenvalue weighted by atomic mass is 32.2. The standard InChI is InChI=1S/C19H38O2S/c1-4-7-8-9-10-11-12-13-14-15-16-17-22-19(5-2,6-3)18(20)21/h4-17H2,1-3H3,(H,20,21). The molecule has 2 nitrogen and oxygen atoms in total. The van der Waals surface area contributed by atoms with Gasteiger partial charge in [0.1, 0.15) is 4.75 Å². The molecule has 0 bridgehead atoms. The van der Waals surface area contributed by atoms with Gasteiger partial charge in [-0.1, -0.05) is 85.0 Å². The molecule has 0 spiro atoms. The Bertz CT molecular complexity index is 262. The van der Waals surface area contributed by atoms with Crippen LogP contribution in [0.25, 0.3) is 0 Å². The highest BCUT2D eigenvalue weighted by molar-refractivity contribution is 8.01. The monoisotopic (exact) mass is 330 g/mol. The van der Waals surface area contributed by atoms with Crippen molar-refractivity contribution in [2.24, 2.45) is 0 Å². The van der Waals surface area contributed by atoms with E-state index in [4.69, 9.17) is 0 Å². The molecule has 0 atom stereocenters. The van der Waals surface area contributed by atoms with Crippen LogP contribution in [0.5, 0.6) is 0 Å². The molecule has 1 N–H and O–H groups in total. The van der Waals surface area contributed by atoms with Crippen molar-refractivity contribution >= 4 is 17.7 Å². The Labute approximate surface area is 142 Å². The van der Waals surface area contributed by atoms with E-state index in [9.17, 15) is 9.90 Å². The second-order valence-corrected chi connectivity index (χ2v) is 7.87. The maximum atomic E-state index is 11.4. The van der Waals surface area contributed by atoms with Gasteiger partial charge in [-0.15, -0.1) is 11.8 Å². The highest BCUT2D eigenvalue weighted by Crippen LogP contribution is 2.33. The molecular weight excluding hydrogens is 292 g/mol. The first-order valence-corrected chi connectivity index (χ1v) is 10.5. The smallest absolute Gasteiger partial charge is 0.319 e. The maximum absolute atomic E-state index is 11.4. The van der Waals surface area contributed by atoms with Crippen molar-refractivity contribution in [3.8, 4) is 0 Å². The van der Waals surface area contributed by atoms with Crippen molar-refractivity contribution in [1.29, 1.82) is 0 Å². The van der Waals surface area contributed by atoms with Crippen LogP contribution < -0.4 is 0 Å². The van der Waals surface area contributed by atoms with E-state index in [1.54, 1.807) is 11.8 Å². The number of thioether (sulfide) groups is 1. The Balaban J connectivity index is 3.44. The Hall–Kier alpha value is -0.180. The molecule has 0 radical (unpaired) electrons. The van der Waals surface area contributed by atoms with E-state index in [-0.39, 0.29) is 0 Å². The van der Waals surface area contributed by atoms with Crippen molar-refractivity contribution in [3.63, 3.8) is 0 Å². The molecule has 0 aromatic rings. The number of unbranched alkanes of at least 4 members (excludes halogenated alkanes) is 10. The third-order valence-electron chi connectivity index (χ3n) is 4.66. The van der Waals surface area contributed by atoms with Gasteiger partial charge < -0.3 is 5.11 Å². The summed E-state index contributed by atoms with van der Waals surface area (Å²) in [6.07, 6.45) is 16.3. The minimum Gasteiger partial charge on any atom is -0.480 e. The average Bonchev–Trinajstić information content (AvgIpc) is 2.52. The second-order valence-electron chi connectivity index (χ2n) is 6.39. The van der Waals surface area contributed by atoms with Crippen LogP contribution in [-0.2, 0) is 4.79 Å². The summed E-state index contributed by atoms with van der Waals surface area (Å²) in [5, 5.41) is 9.38. The van der Waals surface area contributed by atoms with Crippen LogP contribution in [0, 0.1) is 0 Å². The van der Waals surface area contributed by atoms with Gasteiger partial charge in [-0.3, -0.25) is 4.79 Å². The lowest BCUT2D eigenvalue weighted by molar-refractivity contribution is -0.140. The summed E-state index contributed by atoms with van der Waals surface area (Å²) in [5.41, 5.74) is 0. The van der Waals surface area contributed by atoms with E-state index < -0.39 is 10.7 Å². The minimum atomic E-state index is -0.634. The fourth-order valence-electron chi connectivity index (χ4n) is 2.85. The van der Waals surface area contributed by atoms with E-state index in [0.29, 0.717) is 0 Å². The minimum absolute atomic E-state index is 0.543. The first-order valence-electron chi connectivity index (χ1n) is 9.50. The second kappa shape index (κ2) is 14.4. The van der Waals surface area contributed by atoms with Crippen molar-refractivity contribution in [2.75, 3.05) is 5.75 Å². The van der Waals surface area contributed by atoms with Crippen LogP contribution in [0.2, 0.25) is 0 Å². The van der Waals surface area contributed by atoms with Gasteiger partial charge in [0.25, 0.3) is 0 Å². The van der Waals surface area contributed by atoms with Gasteiger partial charge in [-0.25, -0.2) is 0 Å². The quantitative estimate of drug-likeness (QED) is 0.321. The molecule has 22 heavy (non-hydrogen) atoms. The highest BCUT2D eigenvalue weighted by Gasteiger charge is 2.34. The molecule has 0 heterocycles. The van der Waals surface area contributed by atoms with E-state index >= 15 is 0 Å². The Kier molecular flexibility index (Phi) is 14.3. The molecule has 0 aliphatic heterocycles. The van der Waals surface area contributed by atoms with Gasteiger partial charge in [-0.2, -0.15) is 0 Å². The topological polar surface area (TPSA) is 37.3 Å². The van der Waals surface area contributed by atoms with E-state index in [1.165, 1.54) is 64.2 Å². The molecule has 0 saturated heterocycles. The third-order valence-corrected chi connectivity index (χ3v) is 6.46. The lowest BCUT2D eigenvalue weighted by atomic mass is 10.0. The van der Waals surface area contributed by atoms with Gasteiger partial charge in [0, 0.05) is 0 Å². The SMILES string of the molecule is CCCCCCCCCCCCCSC(CC)(CC)C(=O)O. The molecule has 0 amide bonds. The third kappa shape index (κ3) is 9.76. The number of carboxylic acids is 1. The van der Waals surface area contributed by atoms with E-state index in [1.807, 2.05) is 13.8 Å². The summed E-state index contributed by atoms with van der Waals surface area (Å²) < 4.78 is -0.543. The molecule has 0 saturated carbocycles. The number of rotatable bonds is 16. The van der Waals surface area contributed by atoms with Crippen LogP contribution in [0.1, 0.15) is 104 Å². The van der Waals surface area contributed by atoms with E-state index in [2.05, 4.69) is 6.92 Å². The lowest BCUT2D eigenvalue weighted by Crippen LogP contribution is -2.33. The fraction of sp³-hybridized carbons (Fsp3) is 0.947. The zero-order valence-electron chi connectivity index (χ0n) is 15.2. The number of carbonyl (C=O) groups is 1. The zero-order chi connectivity index (χ0) is 16.7. The Morgan fingerprint density at radius 3 is 1.55 bits per heavy atom. The molecule has 3 heteroatoms. The van der Waals surface area contributed by atoms with Crippen molar-refractivity contribution in [2.45, 2.75) is 109 Å². The van der Waals surface area contributed by atoms with Crippen LogP contribution in [0.15, 0.2) is 0 Å². The lowest BCUT2D eigenvalue weighted by Gasteiger charge is -2.25. The molecule has 0 aliphatic rings. The molecular formula is C19H38O2S. The predicted molar refractivity (Wildman–Crippen MR) is 99.9 cm³/mol. The van der Waals surface area contributed by atoms with Gasteiger partial charge in [0.05, 0.1) is 0 Å². The molecule has 0 aromatic carbocycles. The normalized spacial score (nSPS) is 11.8. The fourth-order valence-corrected chi connectivity index (χ4v) is 4.12. The molecule has 0 unspecified atom stereocenters. The van der Waals surface area contributed by atoms with Crippen molar-refractivity contribution in [1.82, 2.24) is 0 Å². The number of hydrogen-bond donors (Lipinski definition) is 1. The number of hydrogen-bond acceptors (Lipinski definition) is 2. The summed E-state index contributed by atoms with van der Waals surface area (Å²) in [5.74, 6) is 0.357. The summed E-state index contributed by atoms with van der Waals surface area (Å²) in [6, 6.07) is 0. The molecule has 0 fully saturated rings. The zero-order valence-corrected chi connectivity index (χ0v) is 16.0.